The zero-order valence-electron chi connectivity index (χ0n) is 14.0. The molecular weight excluding hydrogens is 310 g/mol. The summed E-state index contributed by atoms with van der Waals surface area (Å²) >= 11 is 1.39. The van der Waals surface area contributed by atoms with Crippen molar-refractivity contribution < 1.29 is 9.59 Å². The van der Waals surface area contributed by atoms with Crippen LogP contribution < -0.4 is 10.6 Å². The van der Waals surface area contributed by atoms with Crippen molar-refractivity contribution in [2.24, 2.45) is 0 Å². The second kappa shape index (κ2) is 8.36. The van der Waals surface area contributed by atoms with Crippen LogP contribution in [0.1, 0.15) is 19.4 Å². The third-order valence-corrected chi connectivity index (χ3v) is 5.06. The Bertz CT molecular complexity index is 547. The fraction of sp³-hybridized carbons (Fsp3) is 0.529. The van der Waals surface area contributed by atoms with Crippen LogP contribution in [0.3, 0.4) is 0 Å². The first kappa shape index (κ1) is 17.8. The molecule has 6 heteroatoms. The SMILES string of the molecule is Cc1ccc(NC(=O)CSC(C)C(=O)N2CCNCC2C)cc1. The van der Waals surface area contributed by atoms with Gasteiger partial charge in [0.1, 0.15) is 0 Å². The standard InChI is InChI=1S/C17H25N3O2S/c1-12-4-6-15(7-5-12)19-16(21)11-23-14(3)17(22)20-9-8-18-10-13(20)2/h4-7,13-14,18H,8-11H2,1-3H3,(H,19,21). The van der Waals surface area contributed by atoms with Crippen molar-refractivity contribution in [1.82, 2.24) is 10.2 Å². The molecule has 1 heterocycles. The van der Waals surface area contributed by atoms with Crippen LogP contribution in [0.15, 0.2) is 24.3 Å². The lowest BCUT2D eigenvalue weighted by Gasteiger charge is -2.35. The molecule has 2 unspecified atom stereocenters. The van der Waals surface area contributed by atoms with Gasteiger partial charge in [0.25, 0.3) is 0 Å². The van der Waals surface area contributed by atoms with Gasteiger partial charge in [-0.2, -0.15) is 0 Å². The quantitative estimate of drug-likeness (QED) is 0.862. The van der Waals surface area contributed by atoms with Crippen molar-refractivity contribution in [3.8, 4) is 0 Å². The number of nitrogens with zero attached hydrogens (tertiary/aromatic N) is 1. The topological polar surface area (TPSA) is 61.4 Å². The van der Waals surface area contributed by atoms with Gasteiger partial charge in [0.15, 0.2) is 0 Å². The summed E-state index contributed by atoms with van der Waals surface area (Å²) in [6.07, 6.45) is 0. The number of anilines is 1. The summed E-state index contributed by atoms with van der Waals surface area (Å²) in [5.74, 6) is 0.320. The van der Waals surface area contributed by atoms with Gasteiger partial charge in [0, 0.05) is 31.4 Å². The molecule has 0 spiro atoms. The Morgan fingerprint density at radius 2 is 2.09 bits per heavy atom. The number of nitrogens with one attached hydrogen (secondary N) is 2. The van der Waals surface area contributed by atoms with Crippen LogP contribution >= 0.6 is 11.8 Å². The van der Waals surface area contributed by atoms with Crippen LogP contribution in [0.2, 0.25) is 0 Å². The van der Waals surface area contributed by atoms with Crippen LogP contribution in [0, 0.1) is 6.92 Å². The molecule has 1 aliphatic heterocycles. The molecule has 1 fully saturated rings. The minimum atomic E-state index is -0.209. The summed E-state index contributed by atoms with van der Waals surface area (Å²) in [4.78, 5) is 26.4. The van der Waals surface area contributed by atoms with E-state index in [2.05, 4.69) is 10.6 Å². The van der Waals surface area contributed by atoms with E-state index in [0.29, 0.717) is 0 Å². The third-order valence-electron chi connectivity index (χ3n) is 3.93. The van der Waals surface area contributed by atoms with Gasteiger partial charge in [-0.25, -0.2) is 0 Å². The first-order valence-corrected chi connectivity index (χ1v) is 9.01. The number of aryl methyl sites for hydroxylation is 1. The molecule has 0 radical (unpaired) electrons. The number of hydrogen-bond acceptors (Lipinski definition) is 4. The van der Waals surface area contributed by atoms with E-state index < -0.39 is 0 Å². The molecule has 0 aromatic heterocycles. The lowest BCUT2D eigenvalue weighted by Crippen LogP contribution is -2.54. The molecule has 5 nitrogen and oxygen atoms in total. The number of amides is 2. The molecule has 2 rings (SSSR count). The van der Waals surface area contributed by atoms with Crippen LogP contribution in [0.5, 0.6) is 0 Å². The predicted octanol–water partition coefficient (Wildman–Crippen LogP) is 1.88. The van der Waals surface area contributed by atoms with Crippen LogP contribution in [-0.4, -0.2) is 53.4 Å². The van der Waals surface area contributed by atoms with E-state index in [0.717, 1.165) is 30.9 Å². The summed E-state index contributed by atoms with van der Waals surface area (Å²) < 4.78 is 0. The Labute approximate surface area is 142 Å². The molecule has 126 valence electrons. The first-order valence-electron chi connectivity index (χ1n) is 7.96. The number of carbonyl (C=O) groups is 2. The zero-order chi connectivity index (χ0) is 16.8. The molecule has 0 aliphatic carbocycles. The molecule has 1 aliphatic rings. The van der Waals surface area contributed by atoms with Crippen LogP contribution in [0.4, 0.5) is 5.69 Å². The predicted molar refractivity (Wildman–Crippen MR) is 95.8 cm³/mol. The molecular formula is C17H25N3O2S. The van der Waals surface area contributed by atoms with E-state index in [-0.39, 0.29) is 28.9 Å². The monoisotopic (exact) mass is 335 g/mol. The molecule has 1 aromatic rings. The molecule has 2 N–H and O–H groups in total. The van der Waals surface area contributed by atoms with Crippen LogP contribution in [-0.2, 0) is 9.59 Å². The van der Waals surface area contributed by atoms with Crippen molar-refractivity contribution in [2.75, 3.05) is 30.7 Å². The number of rotatable bonds is 5. The Hall–Kier alpha value is -1.53. The highest BCUT2D eigenvalue weighted by Crippen LogP contribution is 2.17. The second-order valence-electron chi connectivity index (χ2n) is 5.95. The molecule has 0 saturated carbocycles. The molecule has 1 aromatic carbocycles. The van der Waals surface area contributed by atoms with Gasteiger partial charge in [-0.1, -0.05) is 17.7 Å². The van der Waals surface area contributed by atoms with Gasteiger partial charge < -0.3 is 15.5 Å². The maximum Gasteiger partial charge on any atom is 0.235 e. The second-order valence-corrected chi connectivity index (χ2v) is 7.28. The zero-order valence-corrected chi connectivity index (χ0v) is 14.8. The molecule has 1 saturated heterocycles. The number of hydrogen-bond donors (Lipinski definition) is 2. The number of carbonyl (C=O) groups excluding carboxylic acids is 2. The average molecular weight is 335 g/mol. The fourth-order valence-corrected chi connectivity index (χ4v) is 3.26. The summed E-state index contributed by atoms with van der Waals surface area (Å²) in [6.45, 7) is 8.33. The van der Waals surface area contributed by atoms with Crippen LogP contribution in [0.25, 0.3) is 0 Å². The van der Waals surface area contributed by atoms with Crippen molar-refractivity contribution in [1.29, 1.82) is 0 Å². The maximum atomic E-state index is 12.5. The summed E-state index contributed by atoms with van der Waals surface area (Å²) in [5, 5.41) is 5.92. The lowest BCUT2D eigenvalue weighted by atomic mass is 10.2. The molecule has 0 bridgehead atoms. The van der Waals surface area contributed by atoms with Crippen molar-refractivity contribution in [3.63, 3.8) is 0 Å². The van der Waals surface area contributed by atoms with E-state index in [1.165, 1.54) is 11.8 Å². The Balaban J connectivity index is 1.78. The van der Waals surface area contributed by atoms with Gasteiger partial charge in [0.2, 0.25) is 11.8 Å². The fourth-order valence-electron chi connectivity index (χ4n) is 2.51. The largest absolute Gasteiger partial charge is 0.336 e. The Morgan fingerprint density at radius 1 is 1.39 bits per heavy atom. The van der Waals surface area contributed by atoms with Gasteiger partial charge in [-0.05, 0) is 32.9 Å². The highest BCUT2D eigenvalue weighted by molar-refractivity contribution is 8.01. The minimum Gasteiger partial charge on any atom is -0.336 e. The highest BCUT2D eigenvalue weighted by Gasteiger charge is 2.27. The van der Waals surface area contributed by atoms with E-state index in [4.69, 9.17) is 0 Å². The van der Waals surface area contributed by atoms with Crippen molar-refractivity contribution in [2.45, 2.75) is 32.1 Å². The number of benzene rings is 1. The van der Waals surface area contributed by atoms with Gasteiger partial charge >= 0.3 is 0 Å². The maximum absolute atomic E-state index is 12.5. The van der Waals surface area contributed by atoms with Gasteiger partial charge in [-0.15, -0.1) is 11.8 Å². The Morgan fingerprint density at radius 3 is 2.74 bits per heavy atom. The van der Waals surface area contributed by atoms with Crippen molar-refractivity contribution >= 4 is 29.3 Å². The lowest BCUT2D eigenvalue weighted by molar-refractivity contribution is -0.133. The summed E-state index contributed by atoms with van der Waals surface area (Å²) in [5.41, 5.74) is 1.94. The average Bonchev–Trinajstić information content (AvgIpc) is 2.54. The third kappa shape index (κ3) is 5.25. The van der Waals surface area contributed by atoms with E-state index in [1.807, 2.05) is 49.9 Å². The molecule has 2 atom stereocenters. The summed E-state index contributed by atoms with van der Waals surface area (Å²) in [6, 6.07) is 7.89. The smallest absolute Gasteiger partial charge is 0.235 e. The minimum absolute atomic E-state index is 0.0770. The van der Waals surface area contributed by atoms with Crippen molar-refractivity contribution in [3.05, 3.63) is 29.8 Å². The normalized spacial score (nSPS) is 19.3. The first-order chi connectivity index (χ1) is 11.0. The molecule has 23 heavy (non-hydrogen) atoms. The van der Waals surface area contributed by atoms with Gasteiger partial charge in [0.05, 0.1) is 11.0 Å². The summed E-state index contributed by atoms with van der Waals surface area (Å²) in [7, 11) is 0. The highest BCUT2D eigenvalue weighted by atomic mass is 32.2. The number of piperazine rings is 1. The van der Waals surface area contributed by atoms with E-state index in [1.54, 1.807) is 0 Å². The number of thioether (sulfide) groups is 1. The Kier molecular flexibility index (Phi) is 6.47. The molecule has 2 amide bonds. The van der Waals surface area contributed by atoms with E-state index in [9.17, 15) is 9.59 Å². The van der Waals surface area contributed by atoms with E-state index >= 15 is 0 Å². The van der Waals surface area contributed by atoms with Gasteiger partial charge in [-0.3, -0.25) is 9.59 Å².